The number of piperidine rings is 1. The SMILES string of the molecule is CNCc1c(F)cccc1N1CCCC(C)(O)C1. The molecule has 0 saturated carbocycles. The lowest BCUT2D eigenvalue weighted by Crippen LogP contribution is -2.46. The zero-order chi connectivity index (χ0) is 13.2. The molecular formula is C14H21FN2O. The van der Waals surface area contributed by atoms with Crippen molar-refractivity contribution in [1.29, 1.82) is 0 Å². The van der Waals surface area contributed by atoms with Gasteiger partial charge in [-0.25, -0.2) is 4.39 Å². The normalized spacial score (nSPS) is 24.3. The largest absolute Gasteiger partial charge is 0.388 e. The number of aliphatic hydroxyl groups is 1. The summed E-state index contributed by atoms with van der Waals surface area (Å²) in [5.41, 5.74) is 0.892. The molecule has 0 spiro atoms. The number of β-amino-alcohol motifs (C(OH)–C–C–N with tert-alkyl or cyclic N) is 1. The molecule has 1 unspecified atom stereocenters. The number of benzene rings is 1. The van der Waals surface area contributed by atoms with Crippen molar-refractivity contribution in [1.82, 2.24) is 5.32 Å². The van der Waals surface area contributed by atoms with Crippen LogP contribution in [0.15, 0.2) is 18.2 Å². The van der Waals surface area contributed by atoms with E-state index in [9.17, 15) is 9.50 Å². The number of halogens is 1. The highest BCUT2D eigenvalue weighted by molar-refractivity contribution is 5.55. The van der Waals surface area contributed by atoms with Gasteiger partial charge in [0.05, 0.1) is 5.60 Å². The highest BCUT2D eigenvalue weighted by Gasteiger charge is 2.29. The fraction of sp³-hybridized carbons (Fsp3) is 0.571. The maximum absolute atomic E-state index is 13.9. The Morgan fingerprint density at radius 2 is 2.28 bits per heavy atom. The van der Waals surface area contributed by atoms with E-state index in [4.69, 9.17) is 0 Å². The molecule has 18 heavy (non-hydrogen) atoms. The van der Waals surface area contributed by atoms with Gasteiger partial charge in [-0.3, -0.25) is 0 Å². The van der Waals surface area contributed by atoms with Gasteiger partial charge in [-0.15, -0.1) is 0 Å². The van der Waals surface area contributed by atoms with Crippen molar-refractivity contribution in [3.63, 3.8) is 0 Å². The second-order valence-corrected chi connectivity index (χ2v) is 5.29. The lowest BCUT2D eigenvalue weighted by Gasteiger charge is -2.39. The quantitative estimate of drug-likeness (QED) is 0.862. The molecule has 1 atom stereocenters. The molecule has 1 heterocycles. The maximum Gasteiger partial charge on any atom is 0.129 e. The summed E-state index contributed by atoms with van der Waals surface area (Å²) < 4.78 is 13.9. The summed E-state index contributed by atoms with van der Waals surface area (Å²) in [4.78, 5) is 2.08. The van der Waals surface area contributed by atoms with Crippen molar-refractivity contribution in [2.75, 3.05) is 25.0 Å². The van der Waals surface area contributed by atoms with Gasteiger partial charge in [-0.1, -0.05) is 6.07 Å². The van der Waals surface area contributed by atoms with E-state index in [0.717, 1.165) is 25.1 Å². The van der Waals surface area contributed by atoms with Gasteiger partial charge in [0.25, 0.3) is 0 Å². The van der Waals surface area contributed by atoms with Crippen molar-refractivity contribution >= 4 is 5.69 Å². The van der Waals surface area contributed by atoms with Crippen LogP contribution in [-0.2, 0) is 6.54 Å². The smallest absolute Gasteiger partial charge is 0.129 e. The molecule has 1 aromatic carbocycles. The summed E-state index contributed by atoms with van der Waals surface area (Å²) >= 11 is 0. The molecule has 0 amide bonds. The zero-order valence-corrected chi connectivity index (χ0v) is 11.0. The van der Waals surface area contributed by atoms with Crippen molar-refractivity contribution < 1.29 is 9.50 Å². The molecule has 1 saturated heterocycles. The first kappa shape index (κ1) is 13.3. The van der Waals surface area contributed by atoms with Gasteiger partial charge in [0, 0.05) is 30.9 Å². The minimum Gasteiger partial charge on any atom is -0.388 e. The van der Waals surface area contributed by atoms with E-state index in [-0.39, 0.29) is 5.82 Å². The lowest BCUT2D eigenvalue weighted by molar-refractivity contribution is 0.0448. The van der Waals surface area contributed by atoms with Gasteiger partial charge in [-0.05, 0) is 38.9 Å². The van der Waals surface area contributed by atoms with Crippen molar-refractivity contribution in [2.24, 2.45) is 0 Å². The van der Waals surface area contributed by atoms with Gasteiger partial charge in [-0.2, -0.15) is 0 Å². The summed E-state index contributed by atoms with van der Waals surface area (Å²) in [5, 5.41) is 13.1. The van der Waals surface area contributed by atoms with Gasteiger partial charge in [0.2, 0.25) is 0 Å². The number of anilines is 1. The third-order valence-corrected chi connectivity index (χ3v) is 3.46. The molecule has 100 valence electrons. The first-order valence-electron chi connectivity index (χ1n) is 6.43. The Morgan fingerprint density at radius 1 is 1.50 bits per heavy atom. The third kappa shape index (κ3) is 2.82. The average Bonchev–Trinajstić information content (AvgIpc) is 2.30. The summed E-state index contributed by atoms with van der Waals surface area (Å²) in [6.07, 6.45) is 1.74. The minimum absolute atomic E-state index is 0.188. The Labute approximate surface area is 108 Å². The molecule has 1 aromatic rings. The van der Waals surface area contributed by atoms with E-state index >= 15 is 0 Å². The van der Waals surface area contributed by atoms with Gasteiger partial charge in [0.15, 0.2) is 0 Å². The Kier molecular flexibility index (Phi) is 3.88. The number of nitrogens with zero attached hydrogens (tertiary/aromatic N) is 1. The van der Waals surface area contributed by atoms with Crippen molar-refractivity contribution in [2.45, 2.75) is 31.9 Å². The highest BCUT2D eigenvalue weighted by Crippen LogP contribution is 2.29. The Bertz CT molecular complexity index is 420. The number of nitrogens with one attached hydrogen (secondary N) is 1. The second kappa shape index (κ2) is 5.24. The standard InChI is InChI=1S/C14H21FN2O/c1-14(18)7-4-8-17(10-14)13-6-3-5-12(15)11(13)9-16-2/h3,5-6,16,18H,4,7-10H2,1-2H3. The molecule has 1 aliphatic heterocycles. The molecule has 0 radical (unpaired) electrons. The van der Waals surface area contributed by atoms with Crippen LogP contribution < -0.4 is 10.2 Å². The monoisotopic (exact) mass is 252 g/mol. The second-order valence-electron chi connectivity index (χ2n) is 5.29. The van der Waals surface area contributed by atoms with E-state index in [1.54, 1.807) is 6.07 Å². The predicted molar refractivity (Wildman–Crippen MR) is 71.2 cm³/mol. The first-order valence-corrected chi connectivity index (χ1v) is 6.43. The molecule has 3 nitrogen and oxygen atoms in total. The van der Waals surface area contributed by atoms with Crippen LogP contribution in [0.4, 0.5) is 10.1 Å². The first-order chi connectivity index (χ1) is 8.53. The molecule has 2 N–H and O–H groups in total. The molecule has 1 aliphatic rings. The van der Waals surface area contributed by atoms with Crippen LogP contribution in [0.5, 0.6) is 0 Å². The van der Waals surface area contributed by atoms with E-state index in [2.05, 4.69) is 10.2 Å². The van der Waals surface area contributed by atoms with Crippen LogP contribution in [0.2, 0.25) is 0 Å². The van der Waals surface area contributed by atoms with Crippen molar-refractivity contribution in [3.8, 4) is 0 Å². The fourth-order valence-electron chi connectivity index (χ4n) is 2.62. The summed E-state index contributed by atoms with van der Waals surface area (Å²) in [7, 11) is 1.81. The minimum atomic E-state index is -0.679. The van der Waals surface area contributed by atoms with Crippen LogP contribution in [0, 0.1) is 5.82 Å². The molecule has 0 bridgehead atoms. The number of rotatable bonds is 3. The van der Waals surface area contributed by atoms with E-state index in [0.29, 0.717) is 18.7 Å². The molecule has 0 aromatic heterocycles. The van der Waals surface area contributed by atoms with Gasteiger partial charge >= 0.3 is 0 Å². The molecule has 2 rings (SSSR count). The summed E-state index contributed by atoms with van der Waals surface area (Å²) in [5.74, 6) is -0.188. The lowest BCUT2D eigenvalue weighted by atomic mass is 9.94. The summed E-state index contributed by atoms with van der Waals surface area (Å²) in [6.45, 7) is 3.78. The van der Waals surface area contributed by atoms with Crippen LogP contribution in [-0.4, -0.2) is 30.8 Å². The Morgan fingerprint density at radius 3 is 2.94 bits per heavy atom. The van der Waals surface area contributed by atoms with Crippen molar-refractivity contribution in [3.05, 3.63) is 29.6 Å². The predicted octanol–water partition coefficient (Wildman–Crippen LogP) is 1.90. The highest BCUT2D eigenvalue weighted by atomic mass is 19.1. The summed E-state index contributed by atoms with van der Waals surface area (Å²) in [6, 6.07) is 5.14. The van der Waals surface area contributed by atoms with Crippen LogP contribution >= 0.6 is 0 Å². The van der Waals surface area contributed by atoms with E-state index in [1.165, 1.54) is 6.07 Å². The average molecular weight is 252 g/mol. The number of hydrogen-bond acceptors (Lipinski definition) is 3. The Hall–Kier alpha value is -1.13. The van der Waals surface area contributed by atoms with Gasteiger partial charge in [0.1, 0.15) is 5.82 Å². The molecule has 1 fully saturated rings. The maximum atomic E-state index is 13.9. The topological polar surface area (TPSA) is 35.5 Å². The van der Waals surface area contributed by atoms with E-state index < -0.39 is 5.60 Å². The molecule has 0 aliphatic carbocycles. The fourth-order valence-corrected chi connectivity index (χ4v) is 2.62. The number of hydrogen-bond donors (Lipinski definition) is 2. The van der Waals surface area contributed by atoms with Gasteiger partial charge < -0.3 is 15.3 Å². The van der Waals surface area contributed by atoms with E-state index in [1.807, 2.05) is 20.0 Å². The molecular weight excluding hydrogens is 231 g/mol. The van der Waals surface area contributed by atoms with Crippen LogP contribution in [0.25, 0.3) is 0 Å². The van der Waals surface area contributed by atoms with Crippen LogP contribution in [0.1, 0.15) is 25.3 Å². The third-order valence-electron chi connectivity index (χ3n) is 3.46. The zero-order valence-electron chi connectivity index (χ0n) is 11.0. The Balaban J connectivity index is 2.29. The van der Waals surface area contributed by atoms with Crippen LogP contribution in [0.3, 0.4) is 0 Å². The molecule has 4 heteroatoms.